The van der Waals surface area contributed by atoms with Crippen LogP contribution in [0.2, 0.25) is 0 Å². The number of hydrogen-bond acceptors (Lipinski definition) is 2. The maximum Gasteiger partial charge on any atom is 0.321 e. The Bertz CT molecular complexity index is 391. The zero-order valence-corrected chi connectivity index (χ0v) is 11.7. The second-order valence-corrected chi connectivity index (χ2v) is 4.78. The third kappa shape index (κ3) is 3.84. The van der Waals surface area contributed by atoms with Gasteiger partial charge in [-0.3, -0.25) is 9.69 Å². The van der Waals surface area contributed by atoms with E-state index in [0.717, 1.165) is 18.7 Å². The number of aliphatic carboxylic acids is 1. The number of carboxylic acid groups (broad SMARTS) is 1. The summed E-state index contributed by atoms with van der Waals surface area (Å²) >= 11 is 0. The molecule has 0 aliphatic rings. The highest BCUT2D eigenvalue weighted by Crippen LogP contribution is 2.14. The van der Waals surface area contributed by atoms with Crippen LogP contribution in [0.25, 0.3) is 0 Å². The molecule has 0 radical (unpaired) electrons. The summed E-state index contributed by atoms with van der Waals surface area (Å²) in [5.41, 5.74) is 3.48. The molecular weight excluding hydrogens is 226 g/mol. The van der Waals surface area contributed by atoms with E-state index in [1.165, 1.54) is 11.1 Å². The number of hydrogen-bond donors (Lipinski definition) is 1. The van der Waals surface area contributed by atoms with Gasteiger partial charge in [0.2, 0.25) is 0 Å². The van der Waals surface area contributed by atoms with E-state index < -0.39 is 12.0 Å². The number of carboxylic acids is 1. The molecule has 1 N–H and O–H groups in total. The van der Waals surface area contributed by atoms with Gasteiger partial charge in [-0.1, -0.05) is 43.2 Å². The first-order chi connectivity index (χ1) is 8.47. The maximum atomic E-state index is 11.4. The molecule has 18 heavy (non-hydrogen) atoms. The van der Waals surface area contributed by atoms with Gasteiger partial charge >= 0.3 is 5.97 Å². The molecule has 0 saturated heterocycles. The van der Waals surface area contributed by atoms with Crippen molar-refractivity contribution in [3.8, 4) is 0 Å². The molecule has 1 rings (SSSR count). The fraction of sp³-hybridized carbons (Fsp3) is 0.533. The molecule has 0 aliphatic carbocycles. The summed E-state index contributed by atoms with van der Waals surface area (Å²) in [6.07, 6.45) is 0.569. The molecule has 0 fully saturated rings. The minimum Gasteiger partial charge on any atom is -0.480 e. The minimum atomic E-state index is -0.738. The van der Waals surface area contributed by atoms with Gasteiger partial charge in [0.1, 0.15) is 6.04 Å². The molecule has 0 saturated carbocycles. The van der Waals surface area contributed by atoms with Crippen molar-refractivity contribution in [3.05, 3.63) is 34.9 Å². The van der Waals surface area contributed by atoms with Gasteiger partial charge in [0, 0.05) is 0 Å². The van der Waals surface area contributed by atoms with Gasteiger partial charge in [-0.05, 0) is 38.9 Å². The molecule has 1 aromatic carbocycles. The highest BCUT2D eigenvalue weighted by atomic mass is 16.4. The van der Waals surface area contributed by atoms with Crippen LogP contribution < -0.4 is 0 Å². The number of rotatable bonds is 6. The van der Waals surface area contributed by atoms with Gasteiger partial charge < -0.3 is 5.11 Å². The highest BCUT2D eigenvalue weighted by Gasteiger charge is 2.23. The van der Waals surface area contributed by atoms with Crippen molar-refractivity contribution in [1.29, 1.82) is 0 Å². The summed E-state index contributed by atoms with van der Waals surface area (Å²) in [7, 11) is 0. The van der Waals surface area contributed by atoms with Crippen molar-refractivity contribution in [1.82, 2.24) is 4.90 Å². The lowest BCUT2D eigenvalue weighted by Gasteiger charge is -2.26. The van der Waals surface area contributed by atoms with E-state index in [0.29, 0.717) is 6.42 Å². The summed E-state index contributed by atoms with van der Waals surface area (Å²) in [4.78, 5) is 13.4. The largest absolute Gasteiger partial charge is 0.480 e. The molecule has 0 amide bonds. The molecular formula is C15H23NO2. The van der Waals surface area contributed by atoms with E-state index in [4.69, 9.17) is 0 Å². The van der Waals surface area contributed by atoms with Crippen molar-refractivity contribution in [2.75, 3.05) is 13.1 Å². The van der Waals surface area contributed by atoms with Crippen LogP contribution in [-0.4, -0.2) is 35.1 Å². The Morgan fingerprint density at radius 3 is 2.06 bits per heavy atom. The molecule has 1 aromatic rings. The van der Waals surface area contributed by atoms with Gasteiger partial charge in [0.15, 0.2) is 0 Å². The van der Waals surface area contributed by atoms with E-state index >= 15 is 0 Å². The molecule has 0 bridgehead atoms. The molecule has 1 unspecified atom stereocenters. The lowest BCUT2D eigenvalue weighted by atomic mass is 10.0. The number of nitrogens with zero attached hydrogens (tertiary/aromatic N) is 1. The van der Waals surface area contributed by atoms with Gasteiger partial charge in [0.05, 0.1) is 0 Å². The lowest BCUT2D eigenvalue weighted by molar-refractivity contribution is -0.143. The molecule has 3 nitrogen and oxygen atoms in total. The van der Waals surface area contributed by atoms with E-state index in [9.17, 15) is 9.90 Å². The van der Waals surface area contributed by atoms with Gasteiger partial charge in [-0.2, -0.15) is 0 Å². The fourth-order valence-electron chi connectivity index (χ4n) is 2.45. The highest BCUT2D eigenvalue weighted by molar-refractivity contribution is 5.74. The Morgan fingerprint density at radius 1 is 1.17 bits per heavy atom. The van der Waals surface area contributed by atoms with Crippen LogP contribution in [0.4, 0.5) is 0 Å². The zero-order chi connectivity index (χ0) is 13.7. The predicted molar refractivity (Wildman–Crippen MR) is 74.0 cm³/mol. The standard InChI is InChI=1S/C15H23NO2/c1-5-16(6-2)14(15(17)18)10-13-8-11(3)7-12(4)9-13/h7-9,14H,5-6,10H2,1-4H3,(H,17,18). The fourth-order valence-corrected chi connectivity index (χ4v) is 2.45. The van der Waals surface area contributed by atoms with Crippen molar-refractivity contribution in [2.45, 2.75) is 40.2 Å². The van der Waals surface area contributed by atoms with Crippen LogP contribution >= 0.6 is 0 Å². The Labute approximate surface area is 109 Å². The molecule has 1 atom stereocenters. The number of likely N-dealkylation sites (N-methyl/N-ethyl adjacent to an activating group) is 1. The lowest BCUT2D eigenvalue weighted by Crippen LogP contribution is -2.42. The SMILES string of the molecule is CCN(CC)C(Cc1cc(C)cc(C)c1)C(=O)O. The number of benzene rings is 1. The first-order valence-electron chi connectivity index (χ1n) is 6.52. The van der Waals surface area contributed by atoms with E-state index in [2.05, 4.69) is 18.2 Å². The monoisotopic (exact) mass is 249 g/mol. The molecule has 100 valence electrons. The van der Waals surface area contributed by atoms with Crippen LogP contribution in [-0.2, 0) is 11.2 Å². The topological polar surface area (TPSA) is 40.5 Å². The summed E-state index contributed by atoms with van der Waals surface area (Å²) in [5.74, 6) is -0.738. The summed E-state index contributed by atoms with van der Waals surface area (Å²) < 4.78 is 0. The molecule has 3 heteroatoms. The molecule has 0 aliphatic heterocycles. The molecule has 0 spiro atoms. The second-order valence-electron chi connectivity index (χ2n) is 4.78. The maximum absolute atomic E-state index is 11.4. The third-order valence-corrected chi connectivity index (χ3v) is 3.25. The summed E-state index contributed by atoms with van der Waals surface area (Å²) in [6, 6.07) is 5.83. The zero-order valence-electron chi connectivity index (χ0n) is 11.7. The van der Waals surface area contributed by atoms with Crippen LogP contribution in [0, 0.1) is 13.8 Å². The van der Waals surface area contributed by atoms with Crippen molar-refractivity contribution >= 4 is 5.97 Å². The van der Waals surface area contributed by atoms with Crippen LogP contribution in [0.3, 0.4) is 0 Å². The van der Waals surface area contributed by atoms with Crippen molar-refractivity contribution < 1.29 is 9.90 Å². The van der Waals surface area contributed by atoms with Crippen LogP contribution in [0.5, 0.6) is 0 Å². The Kier molecular flexibility index (Phi) is 5.35. The Hall–Kier alpha value is -1.35. The number of carbonyl (C=O) groups is 1. The van der Waals surface area contributed by atoms with E-state index in [1.54, 1.807) is 0 Å². The van der Waals surface area contributed by atoms with Crippen molar-refractivity contribution in [3.63, 3.8) is 0 Å². The predicted octanol–water partition coefficient (Wildman–Crippen LogP) is 2.64. The van der Waals surface area contributed by atoms with Crippen LogP contribution in [0.1, 0.15) is 30.5 Å². The third-order valence-electron chi connectivity index (χ3n) is 3.25. The average Bonchev–Trinajstić information content (AvgIpc) is 2.27. The van der Waals surface area contributed by atoms with Crippen LogP contribution in [0.15, 0.2) is 18.2 Å². The second kappa shape index (κ2) is 6.55. The molecule has 0 aromatic heterocycles. The first kappa shape index (κ1) is 14.7. The summed E-state index contributed by atoms with van der Waals surface area (Å²) in [6.45, 7) is 9.62. The number of aryl methyl sites for hydroxylation is 2. The smallest absolute Gasteiger partial charge is 0.321 e. The van der Waals surface area contributed by atoms with E-state index in [1.807, 2.05) is 32.6 Å². The average molecular weight is 249 g/mol. The van der Waals surface area contributed by atoms with Gasteiger partial charge in [-0.15, -0.1) is 0 Å². The normalized spacial score (nSPS) is 12.7. The first-order valence-corrected chi connectivity index (χ1v) is 6.52. The van der Waals surface area contributed by atoms with Gasteiger partial charge in [-0.25, -0.2) is 0 Å². The minimum absolute atomic E-state index is 0.429. The Morgan fingerprint density at radius 2 is 1.67 bits per heavy atom. The Balaban J connectivity index is 2.92. The quantitative estimate of drug-likeness (QED) is 0.842. The summed E-state index contributed by atoms with van der Waals surface area (Å²) in [5, 5.41) is 9.36. The van der Waals surface area contributed by atoms with E-state index in [-0.39, 0.29) is 0 Å². The van der Waals surface area contributed by atoms with Gasteiger partial charge in [0.25, 0.3) is 0 Å². The molecule has 0 heterocycles. The van der Waals surface area contributed by atoms with Crippen molar-refractivity contribution in [2.24, 2.45) is 0 Å².